The number of nitrogens with one attached hydrogen (secondary N) is 5. The van der Waals surface area contributed by atoms with E-state index in [9.17, 15) is 47.5 Å². The zero-order valence-corrected chi connectivity index (χ0v) is 86.1. The summed E-state index contributed by atoms with van der Waals surface area (Å²) in [6, 6.07) is 54.0. The number of benzene rings is 8. The number of carbonyl (C=O) groups is 9. The van der Waals surface area contributed by atoms with Crippen molar-refractivity contribution in [3.05, 3.63) is 333 Å². The van der Waals surface area contributed by atoms with Crippen LogP contribution in [0.4, 0.5) is 40.7 Å². The van der Waals surface area contributed by atoms with Crippen molar-refractivity contribution in [2.75, 3.05) is 48.2 Å². The molecular weight excluding hydrogens is 1990 g/mol. The molecule has 1 aliphatic heterocycles. The number of aryl methyl sites for hydroxylation is 1. The molecule has 0 spiro atoms. The molecule has 0 saturated carbocycles. The number of amides is 5. The summed E-state index contributed by atoms with van der Waals surface area (Å²) < 4.78 is 105. The smallest absolute Gasteiger partial charge is 0.870 e. The number of para-hydroxylation sites is 4. The third kappa shape index (κ3) is 28.5. The number of aromatic nitrogens is 4. The molecule has 11 N–H and O–H groups in total. The Morgan fingerprint density at radius 3 is 1.15 bits per heavy atom. The van der Waals surface area contributed by atoms with Gasteiger partial charge in [-0.05, 0) is 257 Å². The zero-order chi connectivity index (χ0) is 106. The van der Waals surface area contributed by atoms with E-state index >= 15 is 8.78 Å². The van der Waals surface area contributed by atoms with Crippen LogP contribution < -0.4 is 67.1 Å². The second-order valence-corrected chi connectivity index (χ2v) is 36.2. The van der Waals surface area contributed by atoms with Crippen molar-refractivity contribution in [3.8, 4) is 39.1 Å². The summed E-state index contributed by atoms with van der Waals surface area (Å²) in [6.07, 6.45) is 12.3. The molecule has 8 aromatic heterocycles. The Morgan fingerprint density at radius 2 is 0.767 bits per heavy atom. The summed E-state index contributed by atoms with van der Waals surface area (Å²) in [5.41, 5.74) is 23.4. The summed E-state index contributed by atoms with van der Waals surface area (Å²) in [5, 5.41) is 24.1. The van der Waals surface area contributed by atoms with E-state index in [1.54, 1.807) is 173 Å². The molecule has 9 heterocycles. The molecule has 17 rings (SSSR count). The van der Waals surface area contributed by atoms with Gasteiger partial charge in [0.1, 0.15) is 45.6 Å². The van der Waals surface area contributed by atoms with Gasteiger partial charge in [-0.25, -0.2) is 18.0 Å². The summed E-state index contributed by atoms with van der Waals surface area (Å²) in [7, 11) is 1.04. The Kier molecular flexibility index (Phi) is 39.7. The number of nitrogens with zero attached hydrogens (tertiary/aromatic N) is 4. The number of rotatable bonds is 29. The molecule has 0 unspecified atom stereocenters. The topological polar surface area (TPSA) is 485 Å². The van der Waals surface area contributed by atoms with Gasteiger partial charge in [0, 0.05) is 83.0 Å². The largest absolute Gasteiger partial charge is 1.00 e. The van der Waals surface area contributed by atoms with E-state index < -0.39 is 95.0 Å². The quantitative estimate of drug-likeness (QED) is 0.0123. The minimum absolute atomic E-state index is 0. The van der Waals surface area contributed by atoms with Gasteiger partial charge in [-0.1, -0.05) is 79.7 Å². The second kappa shape index (κ2) is 52.1. The van der Waals surface area contributed by atoms with E-state index in [0.717, 1.165) is 28.7 Å². The van der Waals surface area contributed by atoms with E-state index in [1.807, 2.05) is 85.7 Å². The molecule has 5 amide bonds. The SMILES string of the molecule is CC(C)(C)OC(=O)NCc1cc(B2OC(C)(C)C(C)(C)O2)ccn1.CCOC(=O)Cc1ccccc1NC(=O)c1cc(-c2ccnc(CC)c2)c2occc2c1F.CCOC(=O)Cc1ccccc1NC(=O)c1cc(-c2ccnc(CN)c2)c2occc2c1F.CCOC(=O)Cc1ccccc1NC(=O)c1cc(Br)c2occc2c1F.COc1c(C(=O)Nc2ccccc2CC(=O)O)cc(-c2ccnc(CN)c2)c2occc12.[Li+].[OH-]. The monoisotopic (exact) mass is 2100 g/mol. The van der Waals surface area contributed by atoms with Gasteiger partial charge in [-0.2, -0.15) is 0 Å². The van der Waals surface area contributed by atoms with Crippen LogP contribution in [0.25, 0.3) is 77.3 Å². The number of carboxylic acid groups (broad SMARTS) is 1. The van der Waals surface area contributed by atoms with Crippen molar-refractivity contribution in [2.45, 2.75) is 145 Å². The molecule has 33 nitrogen and oxygen atoms in total. The van der Waals surface area contributed by atoms with Crippen molar-refractivity contribution in [3.63, 3.8) is 0 Å². The number of anilines is 4. The Morgan fingerprint density at radius 1 is 0.433 bits per heavy atom. The average Bonchev–Trinajstić information content (AvgIpc) is 1.53. The maximum atomic E-state index is 15.3. The molecule has 0 aliphatic carbocycles. The number of carbonyl (C=O) groups excluding carboxylic acids is 8. The van der Waals surface area contributed by atoms with Crippen LogP contribution in [0.2, 0.25) is 0 Å². The van der Waals surface area contributed by atoms with Crippen molar-refractivity contribution < 1.29 is 136 Å². The van der Waals surface area contributed by atoms with Crippen LogP contribution in [0.1, 0.15) is 163 Å². The number of fused-ring (bicyclic) bond motifs is 4. The number of furan rings is 4. The number of aliphatic carboxylic acids is 1. The van der Waals surface area contributed by atoms with Gasteiger partial charge in [0.2, 0.25) is 0 Å². The van der Waals surface area contributed by atoms with E-state index in [4.69, 9.17) is 67.2 Å². The summed E-state index contributed by atoms with van der Waals surface area (Å²) in [4.78, 5) is 128. The van der Waals surface area contributed by atoms with E-state index in [0.29, 0.717) is 122 Å². The van der Waals surface area contributed by atoms with Gasteiger partial charge in [0.05, 0.1) is 161 Å². The zero-order valence-electron chi connectivity index (χ0n) is 84.5. The standard InChI is InChI=1S/C26H23FN2O4.C25H22FN3O4.C24H21N3O5.C19H15BrFNO4.C17H27BN2O4.Li.H2O/c1-3-18-13-16(9-11-28-18)20-15-21(24(27)19-10-12-33-25(19)20)26(31)29-22-8-6-5-7-17(22)14-23(30)32-4-2;1-2-32-22(30)12-16-5-3-4-6-21(16)29-25(31)20-13-19(15-7-9-28-17(11-15)14-27)24-18(23(20)26)8-10-33-24;1-31-22-17-7-9-32-23(17)18(14-6-8-26-16(10-14)13-25)12-19(22)24(30)27-20-5-3-2-4-15(20)11-21(28)29;1-2-25-16(23)9-11-5-3-4-6-15(11)22-19(24)13-10-14(20)18-12(17(13)21)7-8-26-18;1-15(2,3)22-14(21)20-11-13-10-12(8-9-19-13)18-23-16(4,5)17(6,7)24-18;;/h5-13,15H,3-4,14H2,1-2H3,(H,29,31);3-11,13H,2,12,14,27H2,1H3,(H,29,31);2-10,12H,11,13,25H2,1H3,(H,27,30)(H,28,29);3-8,10H,2,9H2,1H3,(H,22,24);8-10H,11H2,1-7H3,(H,20,21);;1H2/q;;;;;+1;/p-1. The van der Waals surface area contributed by atoms with Gasteiger partial charge < -0.3 is 99.3 Å². The number of pyridine rings is 4. The average molecular weight is 2100 g/mol. The molecule has 39 heteroatoms. The van der Waals surface area contributed by atoms with Crippen molar-refractivity contribution >= 4 is 149 Å². The fourth-order valence-corrected chi connectivity index (χ4v) is 16.2. The van der Waals surface area contributed by atoms with Crippen LogP contribution >= 0.6 is 15.9 Å². The minimum atomic E-state index is -0.986. The maximum Gasteiger partial charge on any atom is 1.00 e. The Hall–Kier alpha value is -15.9. The van der Waals surface area contributed by atoms with Crippen LogP contribution in [-0.2, 0) is 99.2 Å². The van der Waals surface area contributed by atoms with E-state index in [2.05, 4.69) is 62.4 Å². The number of nitrogens with two attached hydrogens (primary N) is 2. The van der Waals surface area contributed by atoms with E-state index in [1.165, 1.54) is 68.6 Å². The molecule has 150 heavy (non-hydrogen) atoms. The molecular formula is C111H109BBrF3LiN11O22. The van der Waals surface area contributed by atoms with Crippen LogP contribution in [0, 0.1) is 17.5 Å². The molecule has 0 bridgehead atoms. The van der Waals surface area contributed by atoms with Crippen LogP contribution in [0.5, 0.6) is 5.75 Å². The fraction of sp³-hybridized carbons (Fsp3) is 0.234. The molecule has 8 aromatic carbocycles. The number of hydrogen-bond acceptors (Lipinski definition) is 27. The molecule has 0 atom stereocenters. The number of esters is 3. The van der Waals surface area contributed by atoms with Gasteiger partial charge in [0.15, 0.2) is 5.58 Å². The Bertz CT molecular complexity index is 7380. The first-order valence-corrected chi connectivity index (χ1v) is 47.9. The first kappa shape index (κ1) is 114. The number of hydrogen-bond donors (Lipinski definition) is 8. The summed E-state index contributed by atoms with van der Waals surface area (Å²) >= 11 is 3.28. The van der Waals surface area contributed by atoms with Crippen molar-refractivity contribution in [1.82, 2.24) is 25.3 Å². The molecule has 1 saturated heterocycles. The van der Waals surface area contributed by atoms with Crippen LogP contribution in [0.3, 0.4) is 0 Å². The first-order chi connectivity index (χ1) is 70.9. The number of ether oxygens (including phenoxy) is 5. The maximum absolute atomic E-state index is 15.3. The Balaban J connectivity index is 0.000000178. The summed E-state index contributed by atoms with van der Waals surface area (Å²) in [6.45, 7) is 22.3. The predicted octanol–water partition coefficient (Wildman–Crippen LogP) is 17.8. The fourth-order valence-electron chi connectivity index (χ4n) is 15.7. The number of halogens is 4. The number of alkyl carbamates (subject to hydrolysis) is 1. The number of carboxylic acids is 1. The number of methoxy groups -OCH3 is 1. The van der Waals surface area contributed by atoms with Crippen LogP contribution in [0.15, 0.2) is 266 Å². The third-order valence-electron chi connectivity index (χ3n) is 23.5. The van der Waals surface area contributed by atoms with Crippen LogP contribution in [-0.4, -0.2) is 135 Å². The molecule has 1 fully saturated rings. The van der Waals surface area contributed by atoms with Crippen molar-refractivity contribution in [2.24, 2.45) is 11.5 Å². The second-order valence-electron chi connectivity index (χ2n) is 35.3. The molecule has 772 valence electrons. The predicted molar refractivity (Wildman–Crippen MR) is 559 cm³/mol. The molecule has 16 aromatic rings. The van der Waals surface area contributed by atoms with Crippen molar-refractivity contribution in [1.29, 1.82) is 0 Å². The molecule has 0 radical (unpaired) electrons. The van der Waals surface area contributed by atoms with Gasteiger partial charge in [-0.15, -0.1) is 0 Å². The van der Waals surface area contributed by atoms with E-state index in [-0.39, 0.29) is 128 Å². The minimum Gasteiger partial charge on any atom is -0.870 e. The van der Waals surface area contributed by atoms with Gasteiger partial charge >= 0.3 is 55.9 Å². The van der Waals surface area contributed by atoms with Gasteiger partial charge in [-0.3, -0.25) is 58.3 Å². The normalized spacial score (nSPS) is 12.0. The summed E-state index contributed by atoms with van der Waals surface area (Å²) in [5.74, 6) is -6.22. The Labute approximate surface area is 881 Å². The first-order valence-electron chi connectivity index (χ1n) is 47.1. The van der Waals surface area contributed by atoms with Gasteiger partial charge in [0.25, 0.3) is 23.6 Å². The third-order valence-corrected chi connectivity index (χ3v) is 24.1. The molecule has 1 aliphatic rings.